The quantitative estimate of drug-likeness (QED) is 0.499. The fraction of sp³-hybridized carbons (Fsp3) is 0.333. The summed E-state index contributed by atoms with van der Waals surface area (Å²) in [5.41, 5.74) is 2.33. The first-order valence-electron chi connectivity index (χ1n) is 8.25. The molecule has 2 N–H and O–H groups in total. The van der Waals surface area contributed by atoms with Gasteiger partial charge in [0.25, 0.3) is 10.0 Å². The zero-order valence-corrected chi connectivity index (χ0v) is 16.9. The van der Waals surface area contributed by atoms with Gasteiger partial charge >= 0.3 is 0 Å². The van der Waals surface area contributed by atoms with Gasteiger partial charge in [-0.15, -0.1) is 0 Å². The fourth-order valence-corrected chi connectivity index (χ4v) is 5.04. The Labute approximate surface area is 162 Å². The van der Waals surface area contributed by atoms with Crippen LogP contribution in [0, 0.1) is 3.57 Å². The summed E-state index contributed by atoms with van der Waals surface area (Å²) in [5, 5.41) is 3.50. The van der Waals surface area contributed by atoms with E-state index in [2.05, 4.69) is 32.6 Å². The molecule has 0 saturated carbocycles. The lowest BCUT2D eigenvalue weighted by Crippen LogP contribution is -2.25. The average Bonchev–Trinajstić information content (AvgIpc) is 2.67. The highest BCUT2D eigenvalue weighted by atomic mass is 127. The minimum absolute atomic E-state index is 0.186. The van der Waals surface area contributed by atoms with Crippen molar-refractivity contribution < 1.29 is 13.2 Å². The molecule has 25 heavy (non-hydrogen) atoms. The molecule has 1 heterocycles. The number of sulfonamides is 1. The van der Waals surface area contributed by atoms with Gasteiger partial charge in [0, 0.05) is 16.8 Å². The molecular formula is C18H21IN2O3S. The van der Waals surface area contributed by atoms with E-state index in [9.17, 15) is 8.42 Å². The molecule has 0 aliphatic carbocycles. The summed E-state index contributed by atoms with van der Waals surface area (Å²) >= 11 is 2.14. The van der Waals surface area contributed by atoms with Crippen LogP contribution in [0.2, 0.25) is 0 Å². The van der Waals surface area contributed by atoms with Crippen LogP contribution in [-0.4, -0.2) is 28.2 Å². The van der Waals surface area contributed by atoms with Crippen molar-refractivity contribution >= 4 is 38.3 Å². The normalized spacial score (nSPS) is 17.9. The average molecular weight is 472 g/mol. The molecule has 5 nitrogen and oxygen atoms in total. The highest BCUT2D eigenvalue weighted by molar-refractivity contribution is 14.1. The molecule has 0 saturated heterocycles. The van der Waals surface area contributed by atoms with E-state index in [1.165, 1.54) is 0 Å². The van der Waals surface area contributed by atoms with E-state index in [4.69, 9.17) is 4.74 Å². The van der Waals surface area contributed by atoms with Crippen LogP contribution in [0.15, 0.2) is 47.4 Å². The highest BCUT2D eigenvalue weighted by Gasteiger charge is 2.30. The van der Waals surface area contributed by atoms with Crippen LogP contribution < -0.4 is 10.0 Å². The third-order valence-corrected chi connectivity index (χ3v) is 6.20. The third-order valence-electron chi connectivity index (χ3n) is 4.11. The van der Waals surface area contributed by atoms with Crippen LogP contribution in [0.25, 0.3) is 0 Å². The smallest absolute Gasteiger partial charge is 0.262 e. The number of hydrogen-bond acceptors (Lipinski definition) is 4. The molecule has 0 bridgehead atoms. The number of anilines is 1. The van der Waals surface area contributed by atoms with Crippen LogP contribution in [-0.2, 0) is 14.8 Å². The van der Waals surface area contributed by atoms with Crippen LogP contribution in [0.3, 0.4) is 0 Å². The van der Waals surface area contributed by atoms with E-state index in [1.54, 1.807) is 12.1 Å². The molecule has 0 radical (unpaired) electrons. The van der Waals surface area contributed by atoms with Gasteiger partial charge in [0.1, 0.15) is 0 Å². The first kappa shape index (κ1) is 18.6. The van der Waals surface area contributed by atoms with Gasteiger partial charge in [-0.2, -0.15) is 0 Å². The number of benzene rings is 2. The van der Waals surface area contributed by atoms with E-state index in [-0.39, 0.29) is 6.04 Å². The lowest BCUT2D eigenvalue weighted by molar-refractivity contribution is 0.144. The van der Waals surface area contributed by atoms with Crippen molar-refractivity contribution in [2.24, 2.45) is 0 Å². The summed E-state index contributed by atoms with van der Waals surface area (Å²) in [6.45, 7) is 4.11. The van der Waals surface area contributed by atoms with Crippen molar-refractivity contribution in [2.75, 3.05) is 24.5 Å². The summed E-state index contributed by atoms with van der Waals surface area (Å²) < 4.78 is 34.6. The number of ether oxygens (including phenoxy) is 1. The lowest BCUT2D eigenvalue weighted by Gasteiger charge is -2.21. The fourth-order valence-electron chi connectivity index (χ4n) is 2.97. The molecule has 1 unspecified atom stereocenters. The Bertz CT molecular complexity index is 855. The highest BCUT2D eigenvalue weighted by Crippen LogP contribution is 2.37. The number of halogens is 1. The largest absolute Gasteiger partial charge is 0.382 e. The third kappa shape index (κ3) is 4.16. The molecule has 0 fully saturated rings. The van der Waals surface area contributed by atoms with E-state index in [0.717, 1.165) is 27.7 Å². The molecule has 7 heteroatoms. The van der Waals surface area contributed by atoms with Gasteiger partial charge in [0.15, 0.2) is 0 Å². The van der Waals surface area contributed by atoms with E-state index in [0.29, 0.717) is 23.8 Å². The zero-order valence-electron chi connectivity index (χ0n) is 14.0. The van der Waals surface area contributed by atoms with Gasteiger partial charge < -0.3 is 10.1 Å². The Kier molecular flexibility index (Phi) is 5.98. The predicted octanol–water partition coefficient (Wildman–Crippen LogP) is 3.51. The van der Waals surface area contributed by atoms with Gasteiger partial charge in [0.2, 0.25) is 0 Å². The van der Waals surface area contributed by atoms with Gasteiger partial charge in [-0.1, -0.05) is 24.3 Å². The second-order valence-electron chi connectivity index (χ2n) is 5.81. The van der Waals surface area contributed by atoms with Crippen molar-refractivity contribution in [3.63, 3.8) is 0 Å². The first-order chi connectivity index (χ1) is 12.0. The number of fused-ring (bicyclic) bond motifs is 2. The minimum Gasteiger partial charge on any atom is -0.382 e. The molecule has 1 aliphatic heterocycles. The maximum Gasteiger partial charge on any atom is 0.262 e. The molecular weight excluding hydrogens is 451 g/mol. The summed E-state index contributed by atoms with van der Waals surface area (Å²) in [7, 11) is -3.61. The zero-order chi connectivity index (χ0) is 17.9. The predicted molar refractivity (Wildman–Crippen MR) is 107 cm³/mol. The molecule has 2 aromatic carbocycles. The standard InChI is InChI=1S/C18H21IN2O3S/c1-2-24-11-5-10-20-18-14-6-3-4-7-16(14)21-25(22,23)17-12-13(19)8-9-15(17)18/h3-4,6-9,12,18,20-21H,2,5,10-11H2,1H3. The van der Waals surface area contributed by atoms with E-state index < -0.39 is 10.0 Å². The Balaban J connectivity index is 2.00. The number of para-hydroxylation sites is 1. The maximum atomic E-state index is 12.8. The van der Waals surface area contributed by atoms with Crippen LogP contribution in [0.5, 0.6) is 0 Å². The Hall–Kier alpha value is -1.16. The Morgan fingerprint density at radius 1 is 1.20 bits per heavy atom. The van der Waals surface area contributed by atoms with Crippen molar-refractivity contribution in [2.45, 2.75) is 24.3 Å². The first-order valence-corrected chi connectivity index (χ1v) is 10.8. The Morgan fingerprint density at radius 2 is 2.00 bits per heavy atom. The topological polar surface area (TPSA) is 67.4 Å². The molecule has 0 aromatic heterocycles. The van der Waals surface area contributed by atoms with Crippen molar-refractivity contribution in [1.82, 2.24) is 5.32 Å². The molecule has 134 valence electrons. The molecule has 1 atom stereocenters. The van der Waals surface area contributed by atoms with Gasteiger partial charge in [-0.3, -0.25) is 4.72 Å². The number of rotatable bonds is 6. The van der Waals surface area contributed by atoms with Crippen molar-refractivity contribution in [1.29, 1.82) is 0 Å². The minimum atomic E-state index is -3.61. The van der Waals surface area contributed by atoms with E-state index in [1.807, 2.05) is 37.3 Å². The van der Waals surface area contributed by atoms with Crippen LogP contribution in [0.4, 0.5) is 5.69 Å². The summed E-state index contributed by atoms with van der Waals surface area (Å²) in [4.78, 5) is 0.331. The van der Waals surface area contributed by atoms with Crippen molar-refractivity contribution in [3.8, 4) is 0 Å². The molecule has 0 spiro atoms. The molecule has 2 aromatic rings. The summed E-state index contributed by atoms with van der Waals surface area (Å²) in [6.07, 6.45) is 0.867. The van der Waals surface area contributed by atoms with Gasteiger partial charge in [-0.25, -0.2) is 8.42 Å². The van der Waals surface area contributed by atoms with Crippen LogP contribution >= 0.6 is 22.6 Å². The second-order valence-corrected chi connectivity index (χ2v) is 8.71. The van der Waals surface area contributed by atoms with Gasteiger partial charge in [-0.05, 0) is 71.8 Å². The second kappa shape index (κ2) is 8.03. The Morgan fingerprint density at radius 3 is 2.80 bits per heavy atom. The summed E-state index contributed by atoms with van der Waals surface area (Å²) in [6, 6.07) is 12.9. The summed E-state index contributed by atoms with van der Waals surface area (Å²) in [5.74, 6) is 0. The lowest BCUT2D eigenvalue weighted by atomic mass is 9.97. The SMILES string of the molecule is CCOCCCNC1c2ccccc2NS(=O)(=O)c2cc(I)ccc21. The van der Waals surface area contributed by atoms with Gasteiger partial charge in [0.05, 0.1) is 16.6 Å². The molecule has 3 rings (SSSR count). The monoisotopic (exact) mass is 472 g/mol. The number of hydrogen-bond donors (Lipinski definition) is 2. The maximum absolute atomic E-state index is 12.8. The molecule has 0 amide bonds. The number of nitrogens with one attached hydrogen (secondary N) is 2. The molecule has 1 aliphatic rings. The van der Waals surface area contributed by atoms with E-state index >= 15 is 0 Å². The van der Waals surface area contributed by atoms with Crippen LogP contribution in [0.1, 0.15) is 30.5 Å². The van der Waals surface area contributed by atoms with Crippen molar-refractivity contribution in [3.05, 3.63) is 57.2 Å².